The van der Waals surface area contributed by atoms with Gasteiger partial charge < -0.3 is 14.2 Å². The van der Waals surface area contributed by atoms with Crippen LogP contribution in [0.2, 0.25) is 0 Å². The minimum atomic E-state index is 0.304. The van der Waals surface area contributed by atoms with Crippen molar-refractivity contribution in [2.45, 2.75) is 32.4 Å². The summed E-state index contributed by atoms with van der Waals surface area (Å²) in [6, 6.07) is 6.46. The van der Waals surface area contributed by atoms with Gasteiger partial charge in [0.15, 0.2) is 0 Å². The van der Waals surface area contributed by atoms with Crippen LogP contribution in [0.5, 0.6) is 0 Å². The first-order valence-corrected chi connectivity index (χ1v) is 8.15. The molecule has 4 nitrogen and oxygen atoms in total. The van der Waals surface area contributed by atoms with Crippen molar-refractivity contribution in [2.75, 3.05) is 20.3 Å². The van der Waals surface area contributed by atoms with Crippen molar-refractivity contribution in [3.8, 4) is 0 Å². The van der Waals surface area contributed by atoms with E-state index in [0.717, 1.165) is 45.5 Å². The molecule has 1 aromatic carbocycles. The summed E-state index contributed by atoms with van der Waals surface area (Å²) in [7, 11) is 1.74. The summed E-state index contributed by atoms with van der Waals surface area (Å²) in [6.07, 6.45) is 5.36. The molecule has 0 bridgehead atoms. The molecule has 0 atom stereocenters. The predicted molar refractivity (Wildman–Crippen MR) is 85.7 cm³/mol. The molecule has 1 fully saturated rings. The number of ether oxygens (including phenoxy) is 1. The normalized spacial score (nSPS) is 17.8. The minimum absolute atomic E-state index is 0.304. The molecule has 2 aliphatic rings. The third-order valence-electron chi connectivity index (χ3n) is 4.86. The third kappa shape index (κ3) is 2.31. The zero-order valence-corrected chi connectivity index (χ0v) is 13.0. The number of nitrogens with zero attached hydrogens (tertiary/aromatic N) is 2. The highest BCUT2D eigenvalue weighted by molar-refractivity contribution is 5.89. The van der Waals surface area contributed by atoms with Gasteiger partial charge in [-0.15, -0.1) is 0 Å². The van der Waals surface area contributed by atoms with Crippen molar-refractivity contribution in [3.63, 3.8) is 0 Å². The Hall–Kier alpha value is -1.81. The number of hydrogen-bond acceptors (Lipinski definition) is 2. The van der Waals surface area contributed by atoms with Gasteiger partial charge in [-0.2, -0.15) is 0 Å². The first-order chi connectivity index (χ1) is 10.8. The Morgan fingerprint density at radius 1 is 1.32 bits per heavy atom. The molecule has 116 valence electrons. The van der Waals surface area contributed by atoms with E-state index in [4.69, 9.17) is 4.74 Å². The van der Waals surface area contributed by atoms with Crippen LogP contribution in [0, 0.1) is 5.92 Å². The number of amides is 1. The van der Waals surface area contributed by atoms with Gasteiger partial charge in [0.2, 0.25) is 5.91 Å². The molecule has 0 saturated heterocycles. The number of rotatable bonds is 4. The van der Waals surface area contributed by atoms with Crippen LogP contribution >= 0.6 is 0 Å². The van der Waals surface area contributed by atoms with Gasteiger partial charge in [-0.1, -0.05) is 12.1 Å². The molecule has 1 aliphatic carbocycles. The molecule has 22 heavy (non-hydrogen) atoms. The topological polar surface area (TPSA) is 34.5 Å². The maximum Gasteiger partial charge on any atom is 0.225 e. The molecule has 0 radical (unpaired) electrons. The Balaban J connectivity index is 1.70. The quantitative estimate of drug-likeness (QED) is 0.869. The zero-order chi connectivity index (χ0) is 15.1. The Labute approximate surface area is 130 Å². The summed E-state index contributed by atoms with van der Waals surface area (Å²) in [4.78, 5) is 14.5. The van der Waals surface area contributed by atoms with Gasteiger partial charge in [-0.25, -0.2) is 0 Å². The minimum Gasteiger partial charge on any atom is -0.383 e. The third-order valence-corrected chi connectivity index (χ3v) is 4.86. The molecule has 4 heteroatoms. The molecule has 1 amide bonds. The molecule has 2 heterocycles. The van der Waals surface area contributed by atoms with Crippen LogP contribution in [-0.2, 0) is 29.0 Å². The van der Waals surface area contributed by atoms with Crippen molar-refractivity contribution in [3.05, 3.63) is 35.5 Å². The molecular formula is C18H22N2O2. The Kier molecular flexibility index (Phi) is 3.41. The lowest BCUT2D eigenvalue weighted by atomic mass is 10.1. The summed E-state index contributed by atoms with van der Waals surface area (Å²) in [5.74, 6) is 0.660. The summed E-state index contributed by atoms with van der Waals surface area (Å²) >= 11 is 0. The Morgan fingerprint density at radius 2 is 2.18 bits per heavy atom. The zero-order valence-electron chi connectivity index (χ0n) is 13.0. The maximum atomic E-state index is 12.4. The number of methoxy groups -OCH3 is 1. The molecular weight excluding hydrogens is 276 g/mol. The highest BCUT2D eigenvalue weighted by Crippen LogP contribution is 2.34. The van der Waals surface area contributed by atoms with E-state index in [2.05, 4.69) is 33.9 Å². The van der Waals surface area contributed by atoms with Crippen LogP contribution in [0.1, 0.15) is 24.0 Å². The molecule has 0 N–H and O–H groups in total. The fourth-order valence-electron chi connectivity index (χ4n) is 3.53. The fourth-order valence-corrected chi connectivity index (χ4v) is 3.53. The fraction of sp³-hybridized carbons (Fsp3) is 0.500. The van der Waals surface area contributed by atoms with Crippen LogP contribution in [0.15, 0.2) is 24.4 Å². The van der Waals surface area contributed by atoms with Crippen molar-refractivity contribution < 1.29 is 9.53 Å². The summed E-state index contributed by atoms with van der Waals surface area (Å²) in [6.45, 7) is 3.20. The van der Waals surface area contributed by atoms with E-state index in [-0.39, 0.29) is 0 Å². The van der Waals surface area contributed by atoms with E-state index in [9.17, 15) is 4.79 Å². The molecule has 1 aliphatic heterocycles. The van der Waals surface area contributed by atoms with Gasteiger partial charge in [-0.3, -0.25) is 4.79 Å². The van der Waals surface area contributed by atoms with Crippen LogP contribution in [0.25, 0.3) is 10.9 Å². The molecule has 4 rings (SSSR count). The van der Waals surface area contributed by atoms with E-state index in [1.54, 1.807) is 7.11 Å². The highest BCUT2D eigenvalue weighted by Gasteiger charge is 2.34. The second kappa shape index (κ2) is 5.43. The standard InChI is InChI=1S/C18H22N2O2/c1-22-10-9-19-11-15-7-8-20(18(21)13-5-6-13)12-14-3-2-4-16(19)17(14)15/h2-4,11,13H,5-10,12H2,1H3. The van der Waals surface area contributed by atoms with Crippen molar-refractivity contribution in [2.24, 2.45) is 5.92 Å². The average molecular weight is 298 g/mol. The second-order valence-corrected chi connectivity index (χ2v) is 6.44. The lowest BCUT2D eigenvalue weighted by molar-refractivity contribution is -0.133. The number of carbonyl (C=O) groups excluding carboxylic acids is 1. The highest BCUT2D eigenvalue weighted by atomic mass is 16.5. The molecule has 1 saturated carbocycles. The van der Waals surface area contributed by atoms with Crippen molar-refractivity contribution >= 4 is 16.8 Å². The lowest BCUT2D eigenvalue weighted by Crippen LogP contribution is -2.32. The summed E-state index contributed by atoms with van der Waals surface area (Å²) in [5, 5.41) is 1.35. The number of benzene rings is 1. The number of hydrogen-bond donors (Lipinski definition) is 0. The smallest absolute Gasteiger partial charge is 0.225 e. The van der Waals surface area contributed by atoms with Gasteiger partial charge in [-0.05, 0) is 36.5 Å². The van der Waals surface area contributed by atoms with Gasteiger partial charge in [0.1, 0.15) is 0 Å². The van der Waals surface area contributed by atoms with E-state index >= 15 is 0 Å². The van der Waals surface area contributed by atoms with Crippen LogP contribution in [-0.4, -0.2) is 35.6 Å². The monoisotopic (exact) mass is 298 g/mol. The largest absolute Gasteiger partial charge is 0.383 e. The average Bonchev–Trinajstić information content (AvgIpc) is 3.33. The molecule has 0 unspecified atom stereocenters. The Bertz CT molecular complexity index is 715. The van der Waals surface area contributed by atoms with E-state index < -0.39 is 0 Å². The first kappa shape index (κ1) is 13.8. The summed E-state index contributed by atoms with van der Waals surface area (Å²) < 4.78 is 7.50. The van der Waals surface area contributed by atoms with E-state index in [1.807, 2.05) is 0 Å². The molecule has 2 aromatic rings. The van der Waals surface area contributed by atoms with Gasteiger partial charge in [0.05, 0.1) is 6.61 Å². The first-order valence-electron chi connectivity index (χ1n) is 8.15. The van der Waals surface area contributed by atoms with Gasteiger partial charge in [0, 0.05) is 49.8 Å². The summed E-state index contributed by atoms with van der Waals surface area (Å²) in [5.41, 5.74) is 3.92. The van der Waals surface area contributed by atoms with Crippen LogP contribution < -0.4 is 0 Å². The number of carbonyl (C=O) groups is 1. The molecule has 1 aromatic heterocycles. The SMILES string of the molecule is COCCn1cc2c3c(cccc31)CN(C(=O)C1CC1)CC2. The van der Waals surface area contributed by atoms with E-state index in [0.29, 0.717) is 11.8 Å². The van der Waals surface area contributed by atoms with Crippen LogP contribution in [0.4, 0.5) is 0 Å². The van der Waals surface area contributed by atoms with E-state index in [1.165, 1.54) is 22.0 Å². The Morgan fingerprint density at radius 3 is 2.95 bits per heavy atom. The molecule has 0 spiro atoms. The van der Waals surface area contributed by atoms with Crippen LogP contribution in [0.3, 0.4) is 0 Å². The number of aromatic nitrogens is 1. The second-order valence-electron chi connectivity index (χ2n) is 6.44. The van der Waals surface area contributed by atoms with Gasteiger partial charge >= 0.3 is 0 Å². The lowest BCUT2D eigenvalue weighted by Gasteiger charge is -2.21. The van der Waals surface area contributed by atoms with Crippen molar-refractivity contribution in [1.82, 2.24) is 9.47 Å². The van der Waals surface area contributed by atoms with Crippen molar-refractivity contribution in [1.29, 1.82) is 0 Å². The van der Waals surface area contributed by atoms with Gasteiger partial charge in [0.25, 0.3) is 0 Å². The predicted octanol–water partition coefficient (Wildman–Crippen LogP) is 2.58. The maximum absolute atomic E-state index is 12.4.